The molecule has 0 saturated carbocycles. The third-order valence-corrected chi connectivity index (χ3v) is 6.21. The number of anilines is 1. The lowest BCUT2D eigenvalue weighted by Gasteiger charge is -2.20. The molecule has 0 bridgehead atoms. The van der Waals surface area contributed by atoms with Crippen LogP contribution in [0.3, 0.4) is 0 Å². The molecule has 2 N–H and O–H groups in total. The average molecular weight is 552 g/mol. The average Bonchev–Trinajstić information content (AvgIpc) is 3.47. The van der Waals surface area contributed by atoms with Crippen molar-refractivity contribution in [2.75, 3.05) is 18.0 Å². The van der Waals surface area contributed by atoms with Crippen LogP contribution in [0.4, 0.5) is 11.4 Å². The fourth-order valence-electron chi connectivity index (χ4n) is 4.02. The predicted molar refractivity (Wildman–Crippen MR) is 158 cm³/mol. The summed E-state index contributed by atoms with van der Waals surface area (Å²) in [5, 5.41) is 17.5. The van der Waals surface area contributed by atoms with Gasteiger partial charge in [-0.05, 0) is 74.0 Å². The Labute approximate surface area is 237 Å². The van der Waals surface area contributed by atoms with E-state index in [1.807, 2.05) is 24.3 Å². The normalized spacial score (nSPS) is 11.3. The summed E-state index contributed by atoms with van der Waals surface area (Å²) in [6.07, 6.45) is 2.90. The number of nitro groups is 1. The van der Waals surface area contributed by atoms with Gasteiger partial charge in [0.05, 0.1) is 11.1 Å². The molecule has 0 radical (unpaired) electrons. The van der Waals surface area contributed by atoms with Gasteiger partial charge in [-0.1, -0.05) is 30.3 Å². The number of benzene rings is 3. The first-order valence-electron chi connectivity index (χ1n) is 13.0. The Morgan fingerprint density at radius 3 is 2.24 bits per heavy atom. The molecule has 0 spiro atoms. The van der Waals surface area contributed by atoms with Crippen LogP contribution in [0.15, 0.2) is 106 Å². The minimum Gasteiger partial charge on any atom is -0.455 e. The number of furan rings is 1. The molecule has 4 rings (SSSR count). The van der Waals surface area contributed by atoms with Crippen molar-refractivity contribution in [3.05, 3.63) is 124 Å². The molecule has 0 unspecified atom stereocenters. The number of carbonyl (C=O) groups is 2. The highest BCUT2D eigenvalue weighted by molar-refractivity contribution is 6.05. The first-order chi connectivity index (χ1) is 19.9. The van der Waals surface area contributed by atoms with Crippen molar-refractivity contribution in [2.24, 2.45) is 5.10 Å². The second-order valence-electron chi connectivity index (χ2n) is 8.85. The Kier molecular flexibility index (Phi) is 9.40. The van der Waals surface area contributed by atoms with Crippen molar-refractivity contribution in [3.63, 3.8) is 0 Å². The van der Waals surface area contributed by atoms with Crippen LogP contribution in [0, 0.1) is 10.1 Å². The number of amides is 2. The van der Waals surface area contributed by atoms with Crippen molar-refractivity contribution in [2.45, 2.75) is 13.8 Å². The van der Waals surface area contributed by atoms with Crippen LogP contribution in [0.25, 0.3) is 17.4 Å². The first kappa shape index (κ1) is 28.5. The monoisotopic (exact) mass is 551 g/mol. The van der Waals surface area contributed by atoms with Crippen LogP contribution >= 0.6 is 0 Å². The maximum Gasteiger partial charge on any atom is 0.287 e. The largest absolute Gasteiger partial charge is 0.455 e. The smallest absolute Gasteiger partial charge is 0.287 e. The lowest BCUT2D eigenvalue weighted by Crippen LogP contribution is -2.32. The molecule has 0 aliphatic carbocycles. The van der Waals surface area contributed by atoms with Gasteiger partial charge in [0.25, 0.3) is 17.5 Å². The molecule has 0 fully saturated rings. The summed E-state index contributed by atoms with van der Waals surface area (Å²) in [4.78, 5) is 38.5. The number of nitrogens with zero attached hydrogens (tertiary/aromatic N) is 3. The predicted octanol–water partition coefficient (Wildman–Crippen LogP) is 5.62. The minimum atomic E-state index is -0.625. The Morgan fingerprint density at radius 1 is 0.927 bits per heavy atom. The van der Waals surface area contributed by atoms with Crippen molar-refractivity contribution < 1.29 is 18.9 Å². The third-order valence-electron chi connectivity index (χ3n) is 6.21. The standard InChI is InChI=1S/C31H29N5O5/c1-3-35(4-2)25-14-10-22(11-15-25)20-28(33-30(37)24-8-6-5-7-9-24)31(38)34-32-21-27-18-19-29(41-27)23-12-16-26(17-13-23)36(39)40/h5-21H,3-4H2,1-2H3,(H,33,37)(H,34,38). The summed E-state index contributed by atoms with van der Waals surface area (Å²) in [6.45, 7) is 5.90. The Bertz CT molecular complexity index is 1550. The molecule has 10 nitrogen and oxygen atoms in total. The van der Waals surface area contributed by atoms with Crippen LogP contribution < -0.4 is 15.6 Å². The van der Waals surface area contributed by atoms with E-state index in [2.05, 4.69) is 34.6 Å². The number of non-ortho nitro benzene ring substituents is 1. The number of hydrogen-bond donors (Lipinski definition) is 2. The van der Waals surface area contributed by atoms with Crippen LogP contribution in [-0.2, 0) is 4.79 Å². The van der Waals surface area contributed by atoms with Gasteiger partial charge in [0.1, 0.15) is 17.2 Å². The van der Waals surface area contributed by atoms with Gasteiger partial charge in [-0.2, -0.15) is 5.10 Å². The van der Waals surface area contributed by atoms with Gasteiger partial charge in [-0.25, -0.2) is 5.43 Å². The summed E-state index contributed by atoms with van der Waals surface area (Å²) >= 11 is 0. The van der Waals surface area contributed by atoms with E-state index in [1.165, 1.54) is 18.3 Å². The Morgan fingerprint density at radius 2 is 1.61 bits per heavy atom. The number of carbonyl (C=O) groups excluding carboxylic acids is 2. The van der Waals surface area contributed by atoms with E-state index in [0.717, 1.165) is 24.3 Å². The summed E-state index contributed by atoms with van der Waals surface area (Å²) < 4.78 is 5.72. The fourth-order valence-corrected chi connectivity index (χ4v) is 4.02. The van der Waals surface area contributed by atoms with Gasteiger partial charge in [0.2, 0.25) is 0 Å². The number of rotatable bonds is 11. The van der Waals surface area contributed by atoms with Gasteiger partial charge in [-0.3, -0.25) is 19.7 Å². The number of hydrazone groups is 1. The summed E-state index contributed by atoms with van der Waals surface area (Å²) in [6, 6.07) is 25.6. The molecule has 0 aliphatic rings. The van der Waals surface area contributed by atoms with Gasteiger partial charge >= 0.3 is 0 Å². The number of nitro benzene ring substituents is 1. The highest BCUT2D eigenvalue weighted by Gasteiger charge is 2.15. The molecule has 1 heterocycles. The summed E-state index contributed by atoms with van der Waals surface area (Å²) in [5.41, 5.74) is 5.26. The van der Waals surface area contributed by atoms with E-state index < -0.39 is 16.7 Å². The second kappa shape index (κ2) is 13.5. The van der Waals surface area contributed by atoms with E-state index in [0.29, 0.717) is 22.6 Å². The highest BCUT2D eigenvalue weighted by atomic mass is 16.6. The van der Waals surface area contributed by atoms with Crippen LogP contribution in [-0.4, -0.2) is 36.0 Å². The van der Waals surface area contributed by atoms with E-state index in [-0.39, 0.29) is 11.4 Å². The van der Waals surface area contributed by atoms with Crippen molar-refractivity contribution in [3.8, 4) is 11.3 Å². The second-order valence-corrected chi connectivity index (χ2v) is 8.85. The zero-order chi connectivity index (χ0) is 29.2. The van der Waals surface area contributed by atoms with Crippen molar-refractivity contribution >= 4 is 35.5 Å². The zero-order valence-electron chi connectivity index (χ0n) is 22.6. The molecule has 0 saturated heterocycles. The van der Waals surface area contributed by atoms with E-state index in [9.17, 15) is 19.7 Å². The summed E-state index contributed by atoms with van der Waals surface area (Å²) in [5.74, 6) is -0.226. The van der Waals surface area contributed by atoms with Crippen LogP contribution in [0.2, 0.25) is 0 Å². The van der Waals surface area contributed by atoms with Crippen molar-refractivity contribution in [1.82, 2.24) is 10.7 Å². The fraction of sp³-hybridized carbons (Fsp3) is 0.129. The Hall–Kier alpha value is -5.51. The highest BCUT2D eigenvalue weighted by Crippen LogP contribution is 2.24. The lowest BCUT2D eigenvalue weighted by molar-refractivity contribution is -0.384. The van der Waals surface area contributed by atoms with Gasteiger partial charge in [0.15, 0.2) is 0 Å². The molecular weight excluding hydrogens is 522 g/mol. The molecule has 3 aromatic carbocycles. The van der Waals surface area contributed by atoms with Crippen LogP contribution in [0.1, 0.15) is 35.5 Å². The number of hydrogen-bond acceptors (Lipinski definition) is 7. The summed E-state index contributed by atoms with van der Waals surface area (Å²) in [7, 11) is 0. The lowest BCUT2D eigenvalue weighted by atomic mass is 10.1. The third kappa shape index (κ3) is 7.54. The van der Waals surface area contributed by atoms with Gasteiger partial charge in [0, 0.05) is 42.0 Å². The van der Waals surface area contributed by atoms with E-state index in [1.54, 1.807) is 60.7 Å². The zero-order valence-corrected chi connectivity index (χ0v) is 22.6. The topological polar surface area (TPSA) is 130 Å². The van der Waals surface area contributed by atoms with E-state index in [4.69, 9.17) is 4.42 Å². The quantitative estimate of drug-likeness (QED) is 0.108. The number of nitrogens with one attached hydrogen (secondary N) is 2. The Balaban J connectivity index is 1.50. The van der Waals surface area contributed by atoms with Gasteiger partial charge < -0.3 is 14.6 Å². The molecule has 10 heteroatoms. The molecule has 41 heavy (non-hydrogen) atoms. The minimum absolute atomic E-state index is 0.0117. The van der Waals surface area contributed by atoms with Crippen molar-refractivity contribution in [1.29, 1.82) is 0 Å². The molecule has 2 amide bonds. The molecule has 0 atom stereocenters. The van der Waals surface area contributed by atoms with Crippen LogP contribution in [0.5, 0.6) is 0 Å². The molecule has 208 valence electrons. The first-order valence-corrected chi connectivity index (χ1v) is 13.0. The maximum atomic E-state index is 13.1. The molecule has 4 aromatic rings. The molecule has 0 aliphatic heterocycles. The molecular formula is C31H29N5O5. The SMILES string of the molecule is CCN(CC)c1ccc(C=C(NC(=O)c2ccccc2)C(=O)NN=Cc2ccc(-c3ccc([N+](=O)[O-])cc3)o2)cc1. The molecule has 1 aromatic heterocycles. The van der Waals surface area contributed by atoms with E-state index >= 15 is 0 Å². The van der Waals surface area contributed by atoms with Gasteiger partial charge in [-0.15, -0.1) is 0 Å². The maximum absolute atomic E-state index is 13.1.